The van der Waals surface area contributed by atoms with E-state index >= 15 is 0 Å². The van der Waals surface area contributed by atoms with Gasteiger partial charge in [-0.1, -0.05) is 0 Å². The van der Waals surface area contributed by atoms with E-state index in [0.717, 1.165) is 19.3 Å². The van der Waals surface area contributed by atoms with E-state index in [2.05, 4.69) is 15.6 Å². The quantitative estimate of drug-likeness (QED) is 0.535. The van der Waals surface area contributed by atoms with Gasteiger partial charge < -0.3 is 15.4 Å². The maximum absolute atomic E-state index is 11.0. The number of hydrogen-bond donors (Lipinski definition) is 2. The summed E-state index contributed by atoms with van der Waals surface area (Å²) in [5.74, 6) is 0.765. The molecule has 2 bridgehead atoms. The Morgan fingerprint density at radius 2 is 2.22 bits per heavy atom. The predicted octanol–water partition coefficient (Wildman–Crippen LogP) is -0.484. The van der Waals surface area contributed by atoms with Crippen molar-refractivity contribution >= 4 is 15.8 Å². The van der Waals surface area contributed by atoms with Gasteiger partial charge in [-0.25, -0.2) is 8.42 Å². The maximum atomic E-state index is 11.0. The molecular formula is C11H21N3O3S. The molecule has 104 valence electrons. The van der Waals surface area contributed by atoms with E-state index in [1.165, 1.54) is 6.26 Å². The molecule has 2 aliphatic rings. The zero-order chi connectivity index (χ0) is 13.2. The van der Waals surface area contributed by atoms with E-state index in [9.17, 15) is 8.42 Å². The summed E-state index contributed by atoms with van der Waals surface area (Å²) in [6.45, 7) is 0.375. The Balaban J connectivity index is 1.76. The fourth-order valence-electron chi connectivity index (χ4n) is 2.51. The molecule has 0 aromatic carbocycles. The van der Waals surface area contributed by atoms with Crippen LogP contribution >= 0.6 is 0 Å². The summed E-state index contributed by atoms with van der Waals surface area (Å²) in [5.41, 5.74) is 0. The average Bonchev–Trinajstić information content (AvgIpc) is 2.87. The van der Waals surface area contributed by atoms with Gasteiger partial charge in [-0.2, -0.15) is 0 Å². The van der Waals surface area contributed by atoms with Crippen LogP contribution in [0.5, 0.6) is 0 Å². The molecule has 2 fully saturated rings. The highest BCUT2D eigenvalue weighted by molar-refractivity contribution is 7.90. The SMILES string of the molecule is CN=C(NCCS(C)(=O)=O)NC1CC2CCC1O2. The van der Waals surface area contributed by atoms with Crippen LogP contribution in [0, 0.1) is 0 Å². The topological polar surface area (TPSA) is 79.8 Å². The van der Waals surface area contributed by atoms with Crippen molar-refractivity contribution in [1.29, 1.82) is 0 Å². The molecule has 2 rings (SSSR count). The minimum absolute atomic E-state index is 0.112. The van der Waals surface area contributed by atoms with Gasteiger partial charge in [0.05, 0.1) is 24.0 Å². The zero-order valence-electron chi connectivity index (χ0n) is 10.8. The van der Waals surface area contributed by atoms with Crippen LogP contribution in [0.4, 0.5) is 0 Å². The number of rotatable bonds is 4. The molecule has 3 unspecified atom stereocenters. The predicted molar refractivity (Wildman–Crippen MR) is 70.5 cm³/mol. The second-order valence-corrected chi connectivity index (χ2v) is 7.25. The van der Waals surface area contributed by atoms with Gasteiger partial charge in [0.1, 0.15) is 9.84 Å². The summed E-state index contributed by atoms with van der Waals surface area (Å²) in [5, 5.41) is 6.32. The van der Waals surface area contributed by atoms with Crippen molar-refractivity contribution in [3.8, 4) is 0 Å². The molecule has 2 aliphatic heterocycles. The van der Waals surface area contributed by atoms with E-state index in [1.54, 1.807) is 7.05 Å². The zero-order valence-corrected chi connectivity index (χ0v) is 11.7. The van der Waals surface area contributed by atoms with Crippen molar-refractivity contribution in [2.75, 3.05) is 25.6 Å². The first-order valence-electron chi connectivity index (χ1n) is 6.28. The van der Waals surface area contributed by atoms with Crippen LogP contribution < -0.4 is 10.6 Å². The first kappa shape index (κ1) is 13.6. The lowest BCUT2D eigenvalue weighted by molar-refractivity contribution is 0.0992. The highest BCUT2D eigenvalue weighted by atomic mass is 32.2. The molecule has 2 heterocycles. The molecule has 0 radical (unpaired) electrons. The molecule has 0 saturated carbocycles. The van der Waals surface area contributed by atoms with Gasteiger partial charge >= 0.3 is 0 Å². The summed E-state index contributed by atoms with van der Waals surface area (Å²) < 4.78 is 27.8. The maximum Gasteiger partial charge on any atom is 0.191 e. The molecule has 18 heavy (non-hydrogen) atoms. The molecule has 0 aliphatic carbocycles. The number of aliphatic imine (C=N–C) groups is 1. The third-order valence-corrected chi connectivity index (χ3v) is 4.36. The smallest absolute Gasteiger partial charge is 0.191 e. The van der Waals surface area contributed by atoms with E-state index < -0.39 is 9.84 Å². The third kappa shape index (κ3) is 3.58. The monoisotopic (exact) mass is 275 g/mol. The molecule has 2 saturated heterocycles. The summed E-state index contributed by atoms with van der Waals surface area (Å²) in [7, 11) is -1.25. The van der Waals surface area contributed by atoms with Crippen molar-refractivity contribution in [3.63, 3.8) is 0 Å². The molecule has 0 aromatic heterocycles. The fraction of sp³-hybridized carbons (Fsp3) is 0.909. The molecule has 6 nitrogen and oxygen atoms in total. The Bertz CT molecular complexity index is 421. The van der Waals surface area contributed by atoms with Gasteiger partial charge in [0.15, 0.2) is 5.96 Å². The highest BCUT2D eigenvalue weighted by Crippen LogP contribution is 2.34. The molecule has 2 N–H and O–H groups in total. The van der Waals surface area contributed by atoms with E-state index in [4.69, 9.17) is 4.74 Å². The van der Waals surface area contributed by atoms with E-state index in [-0.39, 0.29) is 11.9 Å². The largest absolute Gasteiger partial charge is 0.373 e. The van der Waals surface area contributed by atoms with Gasteiger partial charge in [-0.3, -0.25) is 4.99 Å². The standard InChI is InChI=1S/C11H21N3O3S/c1-12-11(13-5-6-18(2,15)16)14-9-7-8-3-4-10(9)17-8/h8-10H,3-7H2,1-2H3,(H2,12,13,14). The van der Waals surface area contributed by atoms with Gasteiger partial charge in [0, 0.05) is 19.8 Å². The van der Waals surface area contributed by atoms with Crippen LogP contribution in [0.1, 0.15) is 19.3 Å². The second kappa shape index (κ2) is 5.44. The molecule has 0 spiro atoms. The Morgan fingerprint density at radius 3 is 2.72 bits per heavy atom. The van der Waals surface area contributed by atoms with Crippen LogP contribution in [-0.2, 0) is 14.6 Å². The Morgan fingerprint density at radius 1 is 1.44 bits per heavy atom. The number of nitrogens with zero attached hydrogens (tertiary/aromatic N) is 1. The minimum Gasteiger partial charge on any atom is -0.373 e. The van der Waals surface area contributed by atoms with Gasteiger partial charge in [0.25, 0.3) is 0 Å². The van der Waals surface area contributed by atoms with Crippen LogP contribution in [0.2, 0.25) is 0 Å². The number of sulfone groups is 1. The van der Waals surface area contributed by atoms with Crippen LogP contribution in [0.3, 0.4) is 0 Å². The lowest BCUT2D eigenvalue weighted by Crippen LogP contribution is -2.48. The molecule has 7 heteroatoms. The summed E-state index contributed by atoms with van der Waals surface area (Å²) in [6.07, 6.45) is 5.17. The average molecular weight is 275 g/mol. The number of fused-ring (bicyclic) bond motifs is 2. The molecule has 0 aromatic rings. The van der Waals surface area contributed by atoms with Gasteiger partial charge in [-0.15, -0.1) is 0 Å². The number of ether oxygens (including phenoxy) is 1. The molecular weight excluding hydrogens is 254 g/mol. The van der Waals surface area contributed by atoms with Crippen molar-refractivity contribution in [2.24, 2.45) is 4.99 Å². The first-order valence-corrected chi connectivity index (χ1v) is 8.34. The number of guanidine groups is 1. The number of nitrogens with one attached hydrogen (secondary N) is 2. The Labute approximate surface area is 108 Å². The van der Waals surface area contributed by atoms with Gasteiger partial charge in [0.2, 0.25) is 0 Å². The highest BCUT2D eigenvalue weighted by Gasteiger charge is 2.41. The van der Waals surface area contributed by atoms with Crippen LogP contribution in [0.25, 0.3) is 0 Å². The second-order valence-electron chi connectivity index (χ2n) is 4.99. The molecule has 3 atom stereocenters. The van der Waals surface area contributed by atoms with Crippen LogP contribution in [-0.4, -0.2) is 58.2 Å². The van der Waals surface area contributed by atoms with Gasteiger partial charge in [-0.05, 0) is 19.3 Å². The summed E-state index contributed by atoms with van der Waals surface area (Å²) in [4.78, 5) is 4.10. The van der Waals surface area contributed by atoms with Crippen molar-refractivity contribution in [2.45, 2.75) is 37.5 Å². The lowest BCUT2D eigenvalue weighted by Gasteiger charge is -2.22. The molecule has 0 amide bonds. The summed E-state index contributed by atoms with van der Waals surface area (Å²) in [6, 6.07) is 0.299. The van der Waals surface area contributed by atoms with Crippen molar-refractivity contribution in [1.82, 2.24) is 10.6 Å². The minimum atomic E-state index is -2.93. The Hall–Kier alpha value is -0.820. The first-order chi connectivity index (χ1) is 8.48. The number of hydrogen-bond acceptors (Lipinski definition) is 4. The third-order valence-electron chi connectivity index (χ3n) is 3.42. The van der Waals surface area contributed by atoms with Crippen LogP contribution in [0.15, 0.2) is 4.99 Å². The van der Waals surface area contributed by atoms with E-state index in [0.29, 0.717) is 24.7 Å². The van der Waals surface area contributed by atoms with E-state index in [1.807, 2.05) is 0 Å². The fourth-order valence-corrected chi connectivity index (χ4v) is 2.99. The van der Waals surface area contributed by atoms with Crippen molar-refractivity contribution in [3.05, 3.63) is 0 Å². The lowest BCUT2D eigenvalue weighted by atomic mass is 9.96. The summed E-state index contributed by atoms with van der Waals surface area (Å²) >= 11 is 0. The normalized spacial score (nSPS) is 31.7. The van der Waals surface area contributed by atoms with Crippen molar-refractivity contribution < 1.29 is 13.2 Å². The Kier molecular flexibility index (Phi) is 4.11.